The highest BCUT2D eigenvalue weighted by Crippen LogP contribution is 2.31. The molecule has 2 heterocycles. The lowest BCUT2D eigenvalue weighted by atomic mass is 10.2. The molecule has 4 rings (SSSR count). The Kier molecular flexibility index (Phi) is 6.63. The number of fused-ring (bicyclic) bond motifs is 1. The molecule has 2 aromatic heterocycles. The summed E-state index contributed by atoms with van der Waals surface area (Å²) in [6.07, 6.45) is 0. The number of halogens is 1. The summed E-state index contributed by atoms with van der Waals surface area (Å²) in [5.41, 5.74) is 2.17. The Hall–Kier alpha value is -1.46. The number of hydrogen-bond donors (Lipinski definition) is 1. The molecule has 2 aromatic carbocycles. The topological polar surface area (TPSA) is 67.8 Å². The number of hydrogen-bond acceptors (Lipinski definition) is 8. The first kappa shape index (κ1) is 19.8. The highest BCUT2D eigenvalue weighted by Gasteiger charge is 2.11. The van der Waals surface area contributed by atoms with Crippen molar-refractivity contribution in [1.82, 2.24) is 15.2 Å². The molecule has 4 aromatic rings. The van der Waals surface area contributed by atoms with Gasteiger partial charge in [0.25, 0.3) is 0 Å². The first-order chi connectivity index (χ1) is 13.7. The Balaban J connectivity index is 1.27. The van der Waals surface area contributed by atoms with Crippen LogP contribution in [0.3, 0.4) is 0 Å². The van der Waals surface area contributed by atoms with E-state index in [1.54, 1.807) is 23.1 Å². The monoisotopic (exact) mass is 508 g/mol. The van der Waals surface area contributed by atoms with E-state index < -0.39 is 0 Å². The first-order valence-corrected chi connectivity index (χ1v) is 12.5. The fourth-order valence-corrected chi connectivity index (χ4v) is 6.31. The van der Waals surface area contributed by atoms with Crippen molar-refractivity contribution in [3.8, 4) is 0 Å². The van der Waals surface area contributed by atoms with E-state index in [-0.39, 0.29) is 5.91 Å². The Morgan fingerprint density at radius 2 is 1.93 bits per heavy atom. The summed E-state index contributed by atoms with van der Waals surface area (Å²) in [6, 6.07) is 16.1. The molecule has 0 radical (unpaired) electrons. The molecule has 0 aliphatic rings. The molecule has 0 spiro atoms. The number of nitrogens with zero attached hydrogens (tertiary/aromatic N) is 3. The molecule has 0 saturated carbocycles. The molecule has 0 unspecified atom stereocenters. The lowest BCUT2D eigenvalue weighted by Gasteiger charge is -1.99. The van der Waals surface area contributed by atoms with Gasteiger partial charge in [-0.1, -0.05) is 75.1 Å². The van der Waals surface area contributed by atoms with Gasteiger partial charge in [-0.25, -0.2) is 4.98 Å². The summed E-state index contributed by atoms with van der Waals surface area (Å²) in [6.45, 7) is 0. The number of rotatable bonds is 7. The van der Waals surface area contributed by atoms with Crippen LogP contribution in [0.1, 0.15) is 5.56 Å². The molecule has 10 heteroatoms. The summed E-state index contributed by atoms with van der Waals surface area (Å²) in [5, 5.41) is 11.5. The third-order valence-corrected chi connectivity index (χ3v) is 8.22. The van der Waals surface area contributed by atoms with Gasteiger partial charge in [0, 0.05) is 10.2 Å². The van der Waals surface area contributed by atoms with Crippen molar-refractivity contribution in [1.29, 1.82) is 0 Å². The summed E-state index contributed by atoms with van der Waals surface area (Å²) in [4.78, 5) is 16.7. The normalized spacial score (nSPS) is 11.0. The van der Waals surface area contributed by atoms with Crippen molar-refractivity contribution in [2.24, 2.45) is 0 Å². The molecule has 142 valence electrons. The smallest absolute Gasteiger partial charge is 0.236 e. The molecule has 1 N–H and O–H groups in total. The lowest BCUT2D eigenvalue weighted by molar-refractivity contribution is -0.113. The van der Waals surface area contributed by atoms with Crippen LogP contribution in [0.25, 0.3) is 10.2 Å². The van der Waals surface area contributed by atoms with E-state index in [0.717, 1.165) is 29.1 Å². The zero-order valence-electron chi connectivity index (χ0n) is 14.3. The fraction of sp³-hybridized carbons (Fsp3) is 0.111. The number of amides is 1. The van der Waals surface area contributed by atoms with Crippen LogP contribution in [-0.2, 0) is 10.5 Å². The van der Waals surface area contributed by atoms with Crippen LogP contribution in [0.4, 0.5) is 5.13 Å². The third-order valence-electron chi connectivity index (χ3n) is 3.51. The average molecular weight is 510 g/mol. The van der Waals surface area contributed by atoms with Crippen molar-refractivity contribution in [3.05, 3.63) is 58.6 Å². The molecule has 0 aliphatic heterocycles. The largest absolute Gasteiger partial charge is 0.300 e. The minimum absolute atomic E-state index is 0.107. The van der Waals surface area contributed by atoms with Gasteiger partial charge < -0.3 is 0 Å². The predicted molar refractivity (Wildman–Crippen MR) is 123 cm³/mol. The SMILES string of the molecule is O=C(CSc1nc2ccccc2s1)Nc1nnc(SCc2cccc(Br)c2)s1. The van der Waals surface area contributed by atoms with E-state index >= 15 is 0 Å². The maximum Gasteiger partial charge on any atom is 0.236 e. The van der Waals surface area contributed by atoms with Crippen molar-refractivity contribution in [2.45, 2.75) is 14.4 Å². The number of para-hydroxylation sites is 1. The van der Waals surface area contributed by atoms with Crippen LogP contribution < -0.4 is 5.32 Å². The van der Waals surface area contributed by atoms with Crippen LogP contribution in [0.2, 0.25) is 0 Å². The predicted octanol–water partition coefficient (Wildman–Crippen LogP) is 5.93. The molecule has 0 fully saturated rings. The van der Waals surface area contributed by atoms with E-state index in [1.807, 2.05) is 36.4 Å². The van der Waals surface area contributed by atoms with E-state index in [9.17, 15) is 4.79 Å². The van der Waals surface area contributed by atoms with Gasteiger partial charge in [-0.05, 0) is 29.8 Å². The number of benzene rings is 2. The van der Waals surface area contributed by atoms with Crippen LogP contribution in [0, 0.1) is 0 Å². The summed E-state index contributed by atoms with van der Waals surface area (Å²) in [5.74, 6) is 0.985. The molecule has 0 aliphatic carbocycles. The van der Waals surface area contributed by atoms with E-state index in [2.05, 4.69) is 48.6 Å². The molecule has 0 atom stereocenters. The standard InChI is InChI=1S/C18H13BrN4OS4/c19-12-5-3-4-11(8-12)9-25-18-23-22-16(28-18)21-15(24)10-26-17-20-13-6-1-2-7-14(13)27-17/h1-8H,9-10H2,(H,21,22,24). The Bertz CT molecular complexity index is 1080. The second-order valence-corrected chi connectivity index (χ2v) is 10.9. The second-order valence-electron chi connectivity index (χ2n) is 5.58. The highest BCUT2D eigenvalue weighted by molar-refractivity contribution is 9.10. The number of aromatic nitrogens is 3. The number of nitrogens with one attached hydrogen (secondary N) is 1. The van der Waals surface area contributed by atoms with Gasteiger partial charge in [-0.2, -0.15) is 0 Å². The Morgan fingerprint density at radius 3 is 2.79 bits per heavy atom. The number of anilines is 1. The number of carbonyl (C=O) groups excluding carboxylic acids is 1. The lowest BCUT2D eigenvalue weighted by Crippen LogP contribution is -2.13. The quantitative estimate of drug-likeness (QED) is 0.246. The van der Waals surface area contributed by atoms with Crippen LogP contribution >= 0.6 is 62.1 Å². The zero-order valence-corrected chi connectivity index (χ0v) is 19.1. The van der Waals surface area contributed by atoms with Crippen LogP contribution in [0.15, 0.2) is 61.7 Å². The number of thiazole rings is 1. The molecule has 0 bridgehead atoms. The van der Waals surface area contributed by atoms with Crippen molar-refractivity contribution < 1.29 is 4.79 Å². The third kappa shape index (κ3) is 5.32. The van der Waals surface area contributed by atoms with Gasteiger partial charge in [-0.15, -0.1) is 21.5 Å². The second kappa shape index (κ2) is 9.36. The van der Waals surface area contributed by atoms with Gasteiger partial charge >= 0.3 is 0 Å². The minimum Gasteiger partial charge on any atom is -0.300 e. The summed E-state index contributed by atoms with van der Waals surface area (Å²) in [7, 11) is 0. The average Bonchev–Trinajstić information content (AvgIpc) is 3.31. The van der Waals surface area contributed by atoms with Crippen molar-refractivity contribution >= 4 is 83.4 Å². The number of carbonyl (C=O) groups is 1. The first-order valence-electron chi connectivity index (χ1n) is 8.15. The van der Waals surface area contributed by atoms with Gasteiger partial charge in [0.05, 0.1) is 16.0 Å². The van der Waals surface area contributed by atoms with Gasteiger partial charge in [0.2, 0.25) is 11.0 Å². The van der Waals surface area contributed by atoms with Crippen molar-refractivity contribution in [2.75, 3.05) is 11.1 Å². The van der Waals surface area contributed by atoms with Gasteiger partial charge in [0.15, 0.2) is 8.68 Å². The molecular weight excluding hydrogens is 496 g/mol. The van der Waals surface area contributed by atoms with E-state index in [0.29, 0.717) is 10.9 Å². The van der Waals surface area contributed by atoms with E-state index in [1.165, 1.54) is 28.7 Å². The van der Waals surface area contributed by atoms with Crippen LogP contribution in [-0.4, -0.2) is 26.8 Å². The molecule has 0 saturated heterocycles. The highest BCUT2D eigenvalue weighted by atomic mass is 79.9. The molecular formula is C18H13BrN4OS4. The van der Waals surface area contributed by atoms with Crippen molar-refractivity contribution in [3.63, 3.8) is 0 Å². The fourth-order valence-electron chi connectivity index (χ4n) is 2.29. The van der Waals surface area contributed by atoms with E-state index in [4.69, 9.17) is 0 Å². The summed E-state index contributed by atoms with van der Waals surface area (Å²) < 4.78 is 3.90. The molecule has 1 amide bonds. The van der Waals surface area contributed by atoms with Gasteiger partial charge in [0.1, 0.15) is 0 Å². The minimum atomic E-state index is -0.107. The molecule has 28 heavy (non-hydrogen) atoms. The zero-order chi connectivity index (χ0) is 19.3. The van der Waals surface area contributed by atoms with Gasteiger partial charge in [-0.3, -0.25) is 10.1 Å². The van der Waals surface area contributed by atoms with Crippen LogP contribution in [0.5, 0.6) is 0 Å². The Labute approximate surface area is 186 Å². The maximum atomic E-state index is 12.2. The Morgan fingerprint density at radius 1 is 1.04 bits per heavy atom. The maximum absolute atomic E-state index is 12.2. The molecule has 5 nitrogen and oxygen atoms in total. The summed E-state index contributed by atoms with van der Waals surface area (Å²) >= 11 is 9.49. The number of thioether (sulfide) groups is 2.